The number of nitrogens with one attached hydrogen (secondary N) is 1. The highest BCUT2D eigenvalue weighted by molar-refractivity contribution is 5.99. The fourth-order valence-corrected chi connectivity index (χ4v) is 6.39. The van der Waals surface area contributed by atoms with Crippen molar-refractivity contribution >= 4 is 22.9 Å². The second kappa shape index (κ2) is 14.8. The summed E-state index contributed by atoms with van der Waals surface area (Å²) >= 11 is 0. The molecule has 0 aliphatic heterocycles. The third-order valence-electron chi connectivity index (χ3n) is 9.11. The second-order valence-corrected chi connectivity index (χ2v) is 14.0. The Morgan fingerprint density at radius 2 is 1.84 bits per heavy atom. The number of carbonyl (C=O) groups is 2. The van der Waals surface area contributed by atoms with Crippen molar-refractivity contribution in [3.05, 3.63) is 59.8 Å². The van der Waals surface area contributed by atoms with Gasteiger partial charge in [0, 0.05) is 43.5 Å². The molecule has 0 saturated heterocycles. The molecule has 2 aromatic heterocycles. The molecule has 1 N–H and O–H groups in total. The molecule has 1 aliphatic carbocycles. The van der Waals surface area contributed by atoms with E-state index in [0.29, 0.717) is 23.1 Å². The Labute approximate surface area is 268 Å². The van der Waals surface area contributed by atoms with Gasteiger partial charge in [-0.05, 0) is 128 Å². The molecular formula is C36H52FN5O3. The lowest BCUT2D eigenvalue weighted by Crippen LogP contribution is -2.42. The first-order valence-corrected chi connectivity index (χ1v) is 16.5. The predicted molar refractivity (Wildman–Crippen MR) is 179 cm³/mol. The van der Waals surface area contributed by atoms with Gasteiger partial charge in [-0.3, -0.25) is 9.78 Å². The van der Waals surface area contributed by atoms with Crippen LogP contribution in [-0.4, -0.2) is 76.2 Å². The number of fused-ring (bicyclic) bond motifs is 1. The van der Waals surface area contributed by atoms with Gasteiger partial charge in [0.15, 0.2) is 0 Å². The first-order chi connectivity index (χ1) is 21.3. The zero-order valence-electron chi connectivity index (χ0n) is 28.4. The van der Waals surface area contributed by atoms with Crippen LogP contribution in [-0.2, 0) is 4.74 Å². The fraction of sp³-hybridized carbons (Fsp3) is 0.583. The lowest BCUT2D eigenvalue weighted by molar-refractivity contribution is 0.0484. The Bertz CT molecular complexity index is 1450. The van der Waals surface area contributed by atoms with Crippen LogP contribution in [0, 0.1) is 11.7 Å². The van der Waals surface area contributed by atoms with Crippen molar-refractivity contribution in [3.8, 4) is 5.69 Å². The van der Waals surface area contributed by atoms with Crippen LogP contribution in [0.15, 0.2) is 42.9 Å². The maximum atomic E-state index is 14.4. The molecule has 3 aromatic rings. The minimum absolute atomic E-state index is 0.0161. The summed E-state index contributed by atoms with van der Waals surface area (Å²) in [5.41, 5.74) is 2.63. The van der Waals surface area contributed by atoms with E-state index in [1.165, 1.54) is 17.7 Å². The van der Waals surface area contributed by atoms with Gasteiger partial charge in [-0.2, -0.15) is 0 Å². The highest BCUT2D eigenvalue weighted by Gasteiger charge is 2.27. The van der Waals surface area contributed by atoms with Crippen LogP contribution in [0.5, 0.6) is 0 Å². The summed E-state index contributed by atoms with van der Waals surface area (Å²) in [6.45, 7) is 13.8. The number of amides is 2. The van der Waals surface area contributed by atoms with Gasteiger partial charge in [0.2, 0.25) is 0 Å². The van der Waals surface area contributed by atoms with E-state index >= 15 is 0 Å². The third kappa shape index (κ3) is 8.84. The summed E-state index contributed by atoms with van der Waals surface area (Å²) in [5.74, 6) is 0.273. The molecule has 246 valence electrons. The van der Waals surface area contributed by atoms with Crippen molar-refractivity contribution in [2.24, 2.45) is 5.92 Å². The summed E-state index contributed by atoms with van der Waals surface area (Å²) < 4.78 is 21.9. The zero-order chi connectivity index (χ0) is 32.9. The van der Waals surface area contributed by atoms with E-state index in [9.17, 15) is 14.0 Å². The Kier molecular flexibility index (Phi) is 11.3. The Balaban J connectivity index is 1.44. The van der Waals surface area contributed by atoms with Crippen LogP contribution >= 0.6 is 0 Å². The van der Waals surface area contributed by atoms with E-state index in [1.807, 2.05) is 57.6 Å². The quantitative estimate of drug-likeness (QED) is 0.239. The van der Waals surface area contributed by atoms with Crippen molar-refractivity contribution in [2.75, 3.05) is 27.2 Å². The maximum absolute atomic E-state index is 14.4. The minimum Gasteiger partial charge on any atom is -0.444 e. The fourth-order valence-electron chi connectivity index (χ4n) is 6.39. The summed E-state index contributed by atoms with van der Waals surface area (Å²) in [6.07, 6.45) is 11.5. The number of alkyl carbamates (subject to hydrolysis) is 1. The zero-order valence-corrected chi connectivity index (χ0v) is 28.4. The first kappa shape index (κ1) is 34.4. The molecule has 2 amide bonds. The number of benzene rings is 1. The standard InChI is InChI=1S/C36H52FN5O3/c1-9-26(17-19-40(7)22-25-10-13-28(14-11-25)39-35(44)45-36(4,5)6)31-23-42(33-21-38-18-16-29(31)33)32-15-12-27(37)20-30(32)34(43)41(8)24(2)3/h12,15-16,18,20-21,23-26,28H,9-11,13-14,17,19,22H2,1-8H3,(H,39,44). The van der Waals surface area contributed by atoms with Crippen LogP contribution < -0.4 is 5.32 Å². The molecule has 1 saturated carbocycles. The lowest BCUT2D eigenvalue weighted by Gasteiger charge is -2.32. The van der Waals surface area contributed by atoms with E-state index in [2.05, 4.69) is 35.4 Å². The monoisotopic (exact) mass is 621 g/mol. The second-order valence-electron chi connectivity index (χ2n) is 14.0. The largest absolute Gasteiger partial charge is 0.444 e. The average molecular weight is 622 g/mol. The van der Waals surface area contributed by atoms with Gasteiger partial charge in [0.1, 0.15) is 11.4 Å². The molecule has 9 heteroatoms. The summed E-state index contributed by atoms with van der Waals surface area (Å²) in [4.78, 5) is 34.1. The molecule has 1 unspecified atom stereocenters. The van der Waals surface area contributed by atoms with Gasteiger partial charge in [0.05, 0.1) is 23.0 Å². The van der Waals surface area contributed by atoms with E-state index < -0.39 is 11.4 Å². The molecule has 0 bridgehead atoms. The number of rotatable bonds is 11. The van der Waals surface area contributed by atoms with Crippen LogP contribution in [0.25, 0.3) is 16.6 Å². The lowest BCUT2D eigenvalue weighted by atomic mass is 9.85. The molecule has 8 nitrogen and oxygen atoms in total. The van der Waals surface area contributed by atoms with Crippen LogP contribution in [0.2, 0.25) is 0 Å². The van der Waals surface area contributed by atoms with Crippen molar-refractivity contribution in [2.45, 2.75) is 104 Å². The van der Waals surface area contributed by atoms with Gasteiger partial charge >= 0.3 is 6.09 Å². The van der Waals surface area contributed by atoms with Gasteiger partial charge in [-0.25, -0.2) is 9.18 Å². The Hall–Kier alpha value is -3.46. The number of hydrogen-bond acceptors (Lipinski definition) is 5. The number of carbonyl (C=O) groups excluding carboxylic acids is 2. The van der Waals surface area contributed by atoms with Gasteiger partial charge in [0.25, 0.3) is 5.91 Å². The number of aromatic nitrogens is 2. The van der Waals surface area contributed by atoms with Crippen LogP contribution in [0.3, 0.4) is 0 Å². The Morgan fingerprint density at radius 1 is 1.13 bits per heavy atom. The molecule has 0 radical (unpaired) electrons. The van der Waals surface area contributed by atoms with Crippen molar-refractivity contribution in [1.29, 1.82) is 0 Å². The molecule has 1 aliphatic rings. The maximum Gasteiger partial charge on any atom is 0.407 e. The van der Waals surface area contributed by atoms with Crippen molar-refractivity contribution in [3.63, 3.8) is 0 Å². The summed E-state index contributed by atoms with van der Waals surface area (Å²) in [6, 6.07) is 6.66. The highest BCUT2D eigenvalue weighted by atomic mass is 19.1. The van der Waals surface area contributed by atoms with Crippen molar-refractivity contribution in [1.82, 2.24) is 24.7 Å². The van der Waals surface area contributed by atoms with Gasteiger partial charge < -0.3 is 24.4 Å². The molecule has 45 heavy (non-hydrogen) atoms. The molecular weight excluding hydrogens is 569 g/mol. The predicted octanol–water partition coefficient (Wildman–Crippen LogP) is 7.54. The van der Waals surface area contributed by atoms with Crippen LogP contribution in [0.1, 0.15) is 102 Å². The molecule has 0 spiro atoms. The normalized spacial score (nSPS) is 17.9. The Morgan fingerprint density at radius 3 is 2.49 bits per heavy atom. The number of halogens is 1. The number of pyridine rings is 1. The smallest absolute Gasteiger partial charge is 0.407 e. The average Bonchev–Trinajstić information content (AvgIpc) is 3.36. The molecule has 1 aromatic carbocycles. The van der Waals surface area contributed by atoms with E-state index in [0.717, 1.165) is 62.5 Å². The number of ether oxygens (including phenoxy) is 1. The van der Waals surface area contributed by atoms with Gasteiger partial charge in [-0.1, -0.05) is 6.92 Å². The van der Waals surface area contributed by atoms with E-state index in [-0.39, 0.29) is 24.1 Å². The highest BCUT2D eigenvalue weighted by Crippen LogP contribution is 2.35. The third-order valence-corrected chi connectivity index (χ3v) is 9.11. The topological polar surface area (TPSA) is 79.7 Å². The number of nitrogens with zero attached hydrogens (tertiary/aromatic N) is 4. The number of hydrogen-bond donors (Lipinski definition) is 1. The minimum atomic E-state index is -0.487. The summed E-state index contributed by atoms with van der Waals surface area (Å²) in [7, 11) is 3.95. The van der Waals surface area contributed by atoms with E-state index in [1.54, 1.807) is 18.0 Å². The summed E-state index contributed by atoms with van der Waals surface area (Å²) in [5, 5.41) is 4.15. The van der Waals surface area contributed by atoms with Crippen LogP contribution in [0.4, 0.5) is 9.18 Å². The molecule has 1 atom stereocenters. The van der Waals surface area contributed by atoms with Crippen molar-refractivity contribution < 1.29 is 18.7 Å². The van der Waals surface area contributed by atoms with Gasteiger partial charge in [-0.15, -0.1) is 0 Å². The molecule has 2 heterocycles. The SMILES string of the molecule is CCC(CCN(C)CC1CCC(NC(=O)OC(C)(C)C)CC1)c1cn(-c2ccc(F)cc2C(=O)N(C)C(C)C)c2cnccc12. The molecule has 1 fully saturated rings. The molecule has 4 rings (SSSR count). The first-order valence-electron chi connectivity index (χ1n) is 16.5. The van der Waals surface area contributed by atoms with E-state index in [4.69, 9.17) is 4.74 Å².